The molecule has 1 aliphatic rings. The van der Waals surface area contributed by atoms with E-state index >= 15 is 0 Å². The zero-order valence-electron chi connectivity index (χ0n) is 10.4. The highest BCUT2D eigenvalue weighted by Gasteiger charge is 2.23. The van der Waals surface area contributed by atoms with E-state index in [9.17, 15) is 4.79 Å². The van der Waals surface area contributed by atoms with Crippen molar-refractivity contribution in [2.45, 2.75) is 30.9 Å². The maximum absolute atomic E-state index is 12.0. The number of benzene rings is 1. The molecular formula is C14H19NO2S. The first kappa shape index (κ1) is 13.4. The summed E-state index contributed by atoms with van der Waals surface area (Å²) >= 11 is 1.74. The number of nitrogens with one attached hydrogen (secondary N) is 1. The summed E-state index contributed by atoms with van der Waals surface area (Å²) in [6.07, 6.45) is 3.73. The zero-order chi connectivity index (χ0) is 12.8. The van der Waals surface area contributed by atoms with E-state index in [1.54, 1.807) is 11.8 Å². The van der Waals surface area contributed by atoms with Gasteiger partial charge in [-0.05, 0) is 49.1 Å². The molecule has 1 amide bonds. The van der Waals surface area contributed by atoms with Crippen LogP contribution in [0.3, 0.4) is 0 Å². The van der Waals surface area contributed by atoms with Crippen molar-refractivity contribution in [3.8, 4) is 0 Å². The maximum Gasteiger partial charge on any atom is 0.237 e. The number of hydrogen-bond donors (Lipinski definition) is 2. The number of aliphatic hydroxyl groups excluding tert-OH is 1. The summed E-state index contributed by atoms with van der Waals surface area (Å²) in [5.41, 5.74) is 2.02. The van der Waals surface area contributed by atoms with E-state index in [1.165, 1.54) is 0 Å². The minimum atomic E-state index is 0.117. The average Bonchev–Trinajstić information content (AvgIpc) is 2.91. The number of aliphatic hydroxyl groups is 1. The van der Waals surface area contributed by atoms with Gasteiger partial charge in [0.25, 0.3) is 0 Å². The molecule has 1 saturated heterocycles. The van der Waals surface area contributed by atoms with Crippen LogP contribution in [0.2, 0.25) is 0 Å². The van der Waals surface area contributed by atoms with Gasteiger partial charge < -0.3 is 10.4 Å². The highest BCUT2D eigenvalue weighted by molar-refractivity contribution is 8.00. The Morgan fingerprint density at radius 2 is 2.39 bits per heavy atom. The van der Waals surface area contributed by atoms with E-state index in [-0.39, 0.29) is 17.8 Å². The van der Waals surface area contributed by atoms with E-state index in [2.05, 4.69) is 5.32 Å². The smallest absolute Gasteiger partial charge is 0.237 e. The topological polar surface area (TPSA) is 49.3 Å². The molecule has 0 saturated carbocycles. The lowest BCUT2D eigenvalue weighted by Gasteiger charge is -2.11. The van der Waals surface area contributed by atoms with Gasteiger partial charge in [-0.2, -0.15) is 0 Å². The summed E-state index contributed by atoms with van der Waals surface area (Å²) in [4.78, 5) is 12.0. The van der Waals surface area contributed by atoms with Crippen LogP contribution in [0.25, 0.3) is 0 Å². The molecule has 0 bridgehead atoms. The Bertz CT molecular complexity index is 403. The van der Waals surface area contributed by atoms with Crippen LogP contribution in [0.5, 0.6) is 0 Å². The first-order valence-electron chi connectivity index (χ1n) is 6.42. The van der Waals surface area contributed by atoms with Crippen LogP contribution in [-0.2, 0) is 11.2 Å². The third kappa shape index (κ3) is 3.75. The zero-order valence-corrected chi connectivity index (χ0v) is 11.2. The largest absolute Gasteiger partial charge is 0.396 e. The van der Waals surface area contributed by atoms with Crippen molar-refractivity contribution >= 4 is 23.4 Å². The van der Waals surface area contributed by atoms with Crippen molar-refractivity contribution in [2.24, 2.45) is 0 Å². The van der Waals surface area contributed by atoms with Crippen molar-refractivity contribution < 1.29 is 9.90 Å². The summed E-state index contributed by atoms with van der Waals surface area (Å²) < 4.78 is 0. The Hall–Kier alpha value is -1.00. The van der Waals surface area contributed by atoms with Gasteiger partial charge in [0.15, 0.2) is 0 Å². The number of aryl methyl sites for hydroxylation is 1. The molecule has 1 aromatic rings. The first-order valence-corrected chi connectivity index (χ1v) is 7.47. The van der Waals surface area contributed by atoms with Gasteiger partial charge in [-0.1, -0.05) is 12.1 Å². The fraction of sp³-hybridized carbons (Fsp3) is 0.500. The van der Waals surface area contributed by atoms with Crippen LogP contribution >= 0.6 is 11.8 Å². The van der Waals surface area contributed by atoms with Crippen molar-refractivity contribution in [3.63, 3.8) is 0 Å². The van der Waals surface area contributed by atoms with Crippen molar-refractivity contribution in [3.05, 3.63) is 29.8 Å². The molecule has 4 heteroatoms. The van der Waals surface area contributed by atoms with Crippen LogP contribution in [-0.4, -0.2) is 28.6 Å². The fourth-order valence-corrected chi connectivity index (χ4v) is 3.26. The van der Waals surface area contributed by atoms with E-state index in [4.69, 9.17) is 5.11 Å². The maximum atomic E-state index is 12.0. The summed E-state index contributed by atoms with van der Waals surface area (Å²) in [6.45, 7) is 0.204. The van der Waals surface area contributed by atoms with Gasteiger partial charge in [0.2, 0.25) is 5.91 Å². The SMILES string of the molecule is O=C(Nc1cccc(CCCO)c1)C1CCCS1. The Labute approximate surface area is 112 Å². The quantitative estimate of drug-likeness (QED) is 0.859. The number of carbonyl (C=O) groups excluding carboxylic acids is 1. The van der Waals surface area contributed by atoms with Crippen LogP contribution in [0.4, 0.5) is 5.69 Å². The van der Waals surface area contributed by atoms with Crippen molar-refractivity contribution in [1.29, 1.82) is 0 Å². The molecular weight excluding hydrogens is 246 g/mol. The molecule has 1 heterocycles. The lowest BCUT2D eigenvalue weighted by Crippen LogP contribution is -2.22. The third-order valence-electron chi connectivity index (χ3n) is 3.04. The first-order chi connectivity index (χ1) is 8.79. The average molecular weight is 265 g/mol. The highest BCUT2D eigenvalue weighted by atomic mass is 32.2. The van der Waals surface area contributed by atoms with Crippen LogP contribution < -0.4 is 5.32 Å². The van der Waals surface area contributed by atoms with Crippen molar-refractivity contribution in [1.82, 2.24) is 0 Å². The van der Waals surface area contributed by atoms with E-state index < -0.39 is 0 Å². The second kappa shape index (κ2) is 6.81. The number of carbonyl (C=O) groups is 1. The lowest BCUT2D eigenvalue weighted by atomic mass is 10.1. The highest BCUT2D eigenvalue weighted by Crippen LogP contribution is 2.27. The normalized spacial score (nSPS) is 18.8. The van der Waals surface area contributed by atoms with Gasteiger partial charge in [-0.15, -0.1) is 11.8 Å². The molecule has 1 atom stereocenters. The molecule has 0 aliphatic carbocycles. The minimum Gasteiger partial charge on any atom is -0.396 e. The molecule has 98 valence electrons. The molecule has 2 rings (SSSR count). The standard InChI is InChI=1S/C14H19NO2S/c16-8-2-5-11-4-1-6-12(10-11)15-14(17)13-7-3-9-18-13/h1,4,6,10,13,16H,2-3,5,7-9H2,(H,15,17). The summed E-state index contributed by atoms with van der Waals surface area (Å²) in [7, 11) is 0. The minimum absolute atomic E-state index is 0.117. The molecule has 3 nitrogen and oxygen atoms in total. The number of rotatable bonds is 5. The predicted molar refractivity (Wildman–Crippen MR) is 76.0 cm³/mol. The third-order valence-corrected chi connectivity index (χ3v) is 4.42. The molecule has 2 N–H and O–H groups in total. The van der Waals surface area contributed by atoms with Gasteiger partial charge in [0.05, 0.1) is 5.25 Å². The molecule has 0 radical (unpaired) electrons. The molecule has 1 unspecified atom stereocenters. The summed E-state index contributed by atoms with van der Waals surface area (Å²) in [5.74, 6) is 1.21. The molecule has 1 aromatic carbocycles. The lowest BCUT2D eigenvalue weighted by molar-refractivity contribution is -0.115. The molecule has 0 aromatic heterocycles. The molecule has 1 fully saturated rings. The number of amides is 1. The number of anilines is 1. The van der Waals surface area contributed by atoms with E-state index in [0.717, 1.165) is 42.7 Å². The second-order valence-corrected chi connectivity index (χ2v) is 5.83. The van der Waals surface area contributed by atoms with Gasteiger partial charge in [0.1, 0.15) is 0 Å². The van der Waals surface area contributed by atoms with Gasteiger partial charge in [0, 0.05) is 12.3 Å². The van der Waals surface area contributed by atoms with E-state index in [0.29, 0.717) is 0 Å². The number of hydrogen-bond acceptors (Lipinski definition) is 3. The van der Waals surface area contributed by atoms with Crippen molar-refractivity contribution in [2.75, 3.05) is 17.7 Å². The van der Waals surface area contributed by atoms with E-state index in [1.807, 2.05) is 24.3 Å². The Kier molecular flexibility index (Phi) is 5.08. The van der Waals surface area contributed by atoms with Gasteiger partial charge >= 0.3 is 0 Å². The molecule has 18 heavy (non-hydrogen) atoms. The monoisotopic (exact) mass is 265 g/mol. The van der Waals surface area contributed by atoms with Crippen LogP contribution in [0.15, 0.2) is 24.3 Å². The second-order valence-electron chi connectivity index (χ2n) is 4.52. The van der Waals surface area contributed by atoms with Crippen LogP contribution in [0.1, 0.15) is 24.8 Å². The summed E-state index contributed by atoms with van der Waals surface area (Å²) in [5, 5.41) is 11.9. The number of thioether (sulfide) groups is 1. The Morgan fingerprint density at radius 3 is 3.11 bits per heavy atom. The summed E-state index contributed by atoms with van der Waals surface area (Å²) in [6, 6.07) is 7.88. The Balaban J connectivity index is 1.93. The Morgan fingerprint density at radius 1 is 1.50 bits per heavy atom. The van der Waals surface area contributed by atoms with Gasteiger partial charge in [-0.3, -0.25) is 4.79 Å². The predicted octanol–water partition coefficient (Wildman–Crippen LogP) is 2.45. The van der Waals surface area contributed by atoms with Gasteiger partial charge in [-0.25, -0.2) is 0 Å². The van der Waals surface area contributed by atoms with Crippen LogP contribution in [0, 0.1) is 0 Å². The molecule has 0 spiro atoms. The molecule has 1 aliphatic heterocycles. The fourth-order valence-electron chi connectivity index (χ4n) is 2.09.